The molecule has 2 heteroatoms. The van der Waals surface area contributed by atoms with E-state index in [1.165, 1.54) is 0 Å². The van der Waals surface area contributed by atoms with Gasteiger partial charge in [-0.3, -0.25) is 4.79 Å². The van der Waals surface area contributed by atoms with Gasteiger partial charge in [0, 0.05) is 5.56 Å². The summed E-state index contributed by atoms with van der Waals surface area (Å²) in [5, 5.41) is 0. The molecule has 2 rings (SSSR count). The van der Waals surface area contributed by atoms with Crippen molar-refractivity contribution < 1.29 is 9.53 Å². The average molecular weight is 246 g/mol. The summed E-state index contributed by atoms with van der Waals surface area (Å²) in [6.45, 7) is 12.4. The van der Waals surface area contributed by atoms with Crippen LogP contribution in [0.15, 0.2) is 12.1 Å². The Morgan fingerprint density at radius 2 is 1.83 bits per heavy atom. The van der Waals surface area contributed by atoms with Gasteiger partial charge in [-0.2, -0.15) is 0 Å². The first kappa shape index (κ1) is 13.1. The molecule has 0 saturated heterocycles. The summed E-state index contributed by atoms with van der Waals surface area (Å²) in [5.41, 5.74) is 2.48. The number of aryl methyl sites for hydroxylation is 1. The summed E-state index contributed by atoms with van der Waals surface area (Å²) < 4.78 is 6.11. The van der Waals surface area contributed by atoms with Crippen LogP contribution in [0.4, 0.5) is 0 Å². The second-order valence-electron chi connectivity index (χ2n) is 6.85. The Kier molecular flexibility index (Phi) is 2.80. The van der Waals surface area contributed by atoms with Gasteiger partial charge in [0.25, 0.3) is 0 Å². The Morgan fingerprint density at radius 1 is 1.22 bits per heavy atom. The molecular weight excluding hydrogens is 224 g/mol. The number of carbonyl (C=O) groups is 1. The number of benzene rings is 1. The van der Waals surface area contributed by atoms with E-state index in [-0.39, 0.29) is 11.2 Å². The van der Waals surface area contributed by atoms with Crippen LogP contribution in [0.25, 0.3) is 0 Å². The number of ketones is 1. The van der Waals surface area contributed by atoms with E-state index >= 15 is 0 Å². The summed E-state index contributed by atoms with van der Waals surface area (Å²) in [7, 11) is 0. The van der Waals surface area contributed by atoms with Crippen molar-refractivity contribution >= 4 is 5.78 Å². The fourth-order valence-corrected chi connectivity index (χ4v) is 2.51. The van der Waals surface area contributed by atoms with Crippen LogP contribution >= 0.6 is 0 Å². The third-order valence-corrected chi connectivity index (χ3v) is 3.42. The van der Waals surface area contributed by atoms with E-state index in [9.17, 15) is 4.79 Å². The standard InChI is InChI=1S/C16H22O2/c1-10-7-8-11(15(2,3)4)14-13(10)12(17)9-16(5,6)18-14/h7-8H,9H2,1-6H3. The Hall–Kier alpha value is -1.31. The lowest BCUT2D eigenvalue weighted by Gasteiger charge is -2.36. The molecule has 0 aliphatic carbocycles. The highest BCUT2D eigenvalue weighted by Gasteiger charge is 2.36. The van der Waals surface area contributed by atoms with E-state index in [1.807, 2.05) is 26.8 Å². The van der Waals surface area contributed by atoms with Crippen LogP contribution in [0.2, 0.25) is 0 Å². The Morgan fingerprint density at radius 3 is 2.39 bits per heavy atom. The Labute approximate surface area is 109 Å². The average Bonchev–Trinajstić information content (AvgIpc) is 2.12. The zero-order valence-corrected chi connectivity index (χ0v) is 12.2. The summed E-state index contributed by atoms with van der Waals surface area (Å²) in [5.74, 6) is 0.994. The van der Waals surface area contributed by atoms with Crippen LogP contribution in [-0.4, -0.2) is 11.4 Å². The van der Waals surface area contributed by atoms with Crippen molar-refractivity contribution in [3.8, 4) is 5.75 Å². The normalized spacial score (nSPS) is 18.2. The van der Waals surface area contributed by atoms with Crippen molar-refractivity contribution in [2.75, 3.05) is 0 Å². The Bertz CT molecular complexity index is 505. The van der Waals surface area contributed by atoms with Crippen LogP contribution in [0.1, 0.15) is 62.5 Å². The van der Waals surface area contributed by atoms with Crippen molar-refractivity contribution in [1.29, 1.82) is 0 Å². The molecule has 1 aliphatic rings. The number of hydrogen-bond donors (Lipinski definition) is 0. The number of hydrogen-bond acceptors (Lipinski definition) is 2. The zero-order valence-electron chi connectivity index (χ0n) is 12.2. The predicted octanol–water partition coefficient (Wildman–Crippen LogP) is 4.04. The van der Waals surface area contributed by atoms with Crippen molar-refractivity contribution in [1.82, 2.24) is 0 Å². The molecule has 0 amide bonds. The molecule has 0 saturated carbocycles. The quantitative estimate of drug-likeness (QED) is 0.690. The van der Waals surface area contributed by atoms with Gasteiger partial charge in [0.1, 0.15) is 11.4 Å². The monoisotopic (exact) mass is 246 g/mol. The van der Waals surface area contributed by atoms with E-state index in [4.69, 9.17) is 4.74 Å². The third kappa shape index (κ3) is 2.16. The number of Topliss-reactive ketones (excluding diaryl/α,β-unsaturated/α-hetero) is 1. The number of rotatable bonds is 0. The van der Waals surface area contributed by atoms with Crippen LogP contribution in [0.3, 0.4) is 0 Å². The molecule has 0 radical (unpaired) electrons. The summed E-state index contributed by atoms with van der Waals surface area (Å²) in [6, 6.07) is 4.11. The SMILES string of the molecule is Cc1ccc(C(C)(C)C)c2c1C(=O)CC(C)(C)O2. The lowest BCUT2D eigenvalue weighted by molar-refractivity contribution is 0.0607. The fourth-order valence-electron chi connectivity index (χ4n) is 2.51. The van der Waals surface area contributed by atoms with Crippen LogP contribution in [-0.2, 0) is 5.41 Å². The highest BCUT2D eigenvalue weighted by Crippen LogP contribution is 2.42. The molecule has 1 aliphatic heterocycles. The molecule has 0 fully saturated rings. The van der Waals surface area contributed by atoms with E-state index in [0.29, 0.717) is 6.42 Å². The molecular formula is C16H22O2. The van der Waals surface area contributed by atoms with Crippen LogP contribution in [0, 0.1) is 6.92 Å². The molecule has 0 spiro atoms. The lowest BCUT2D eigenvalue weighted by Crippen LogP contribution is -2.37. The van der Waals surface area contributed by atoms with Crippen molar-refractivity contribution in [3.05, 3.63) is 28.8 Å². The van der Waals surface area contributed by atoms with Gasteiger partial charge >= 0.3 is 0 Å². The number of ether oxygens (including phenoxy) is 1. The first-order valence-electron chi connectivity index (χ1n) is 6.48. The first-order chi connectivity index (χ1) is 8.12. The van der Waals surface area contributed by atoms with Gasteiger partial charge in [-0.1, -0.05) is 32.9 Å². The Balaban J connectivity index is 2.70. The maximum Gasteiger partial charge on any atom is 0.170 e. The smallest absolute Gasteiger partial charge is 0.170 e. The molecule has 1 heterocycles. The molecule has 0 N–H and O–H groups in total. The van der Waals surface area contributed by atoms with Gasteiger partial charge in [0.2, 0.25) is 0 Å². The van der Waals surface area contributed by atoms with Gasteiger partial charge in [0.05, 0.1) is 12.0 Å². The van der Waals surface area contributed by atoms with Crippen LogP contribution < -0.4 is 4.74 Å². The molecule has 98 valence electrons. The minimum absolute atomic E-state index is 0.0223. The molecule has 2 nitrogen and oxygen atoms in total. The molecule has 0 atom stereocenters. The van der Waals surface area contributed by atoms with Crippen molar-refractivity contribution in [2.45, 2.75) is 59.0 Å². The van der Waals surface area contributed by atoms with Crippen molar-refractivity contribution in [3.63, 3.8) is 0 Å². The minimum atomic E-state index is -0.405. The summed E-state index contributed by atoms with van der Waals surface area (Å²) >= 11 is 0. The summed E-state index contributed by atoms with van der Waals surface area (Å²) in [4.78, 5) is 12.3. The lowest BCUT2D eigenvalue weighted by atomic mass is 9.81. The topological polar surface area (TPSA) is 26.3 Å². The molecule has 18 heavy (non-hydrogen) atoms. The maximum atomic E-state index is 12.3. The number of carbonyl (C=O) groups excluding carboxylic acids is 1. The second-order valence-corrected chi connectivity index (χ2v) is 6.85. The maximum absolute atomic E-state index is 12.3. The highest BCUT2D eigenvalue weighted by atomic mass is 16.5. The van der Waals surface area contributed by atoms with E-state index in [1.54, 1.807) is 0 Å². The zero-order chi connectivity index (χ0) is 13.7. The van der Waals surface area contributed by atoms with Gasteiger partial charge in [0.15, 0.2) is 5.78 Å². The third-order valence-electron chi connectivity index (χ3n) is 3.42. The fraction of sp³-hybridized carbons (Fsp3) is 0.562. The number of fused-ring (bicyclic) bond motifs is 1. The second kappa shape index (κ2) is 3.84. The molecule has 0 aromatic heterocycles. The summed E-state index contributed by atoms with van der Waals surface area (Å²) in [6.07, 6.45) is 0.453. The molecule has 0 bridgehead atoms. The van der Waals surface area contributed by atoms with Crippen LogP contribution in [0.5, 0.6) is 5.75 Å². The van der Waals surface area contributed by atoms with Gasteiger partial charge < -0.3 is 4.74 Å². The minimum Gasteiger partial charge on any atom is -0.486 e. The molecule has 1 aromatic carbocycles. The first-order valence-corrected chi connectivity index (χ1v) is 6.48. The largest absolute Gasteiger partial charge is 0.486 e. The van der Waals surface area contributed by atoms with E-state index in [2.05, 4.69) is 26.8 Å². The molecule has 1 aromatic rings. The van der Waals surface area contributed by atoms with Crippen molar-refractivity contribution in [2.24, 2.45) is 0 Å². The molecule has 0 unspecified atom stereocenters. The van der Waals surface area contributed by atoms with Gasteiger partial charge in [-0.05, 0) is 31.7 Å². The predicted molar refractivity (Wildman–Crippen MR) is 73.5 cm³/mol. The van der Waals surface area contributed by atoms with Gasteiger partial charge in [-0.15, -0.1) is 0 Å². The van der Waals surface area contributed by atoms with E-state index in [0.717, 1.165) is 22.4 Å². The van der Waals surface area contributed by atoms with E-state index < -0.39 is 5.60 Å². The highest BCUT2D eigenvalue weighted by molar-refractivity contribution is 6.02. The van der Waals surface area contributed by atoms with Gasteiger partial charge in [-0.25, -0.2) is 0 Å².